The average Bonchev–Trinajstić information content (AvgIpc) is 3.03. The Morgan fingerprint density at radius 1 is 1.12 bits per heavy atom. The number of anilines is 1. The molecule has 170 valence electrons. The van der Waals surface area contributed by atoms with Crippen LogP contribution in [-0.4, -0.2) is 36.3 Å². The fourth-order valence-corrected chi connectivity index (χ4v) is 6.57. The Hall–Kier alpha value is -1.91. The zero-order valence-corrected chi connectivity index (χ0v) is 20.3. The number of benzene rings is 2. The summed E-state index contributed by atoms with van der Waals surface area (Å²) < 4.78 is 29.4. The molecular weight excluding hydrogens is 493 g/mol. The summed E-state index contributed by atoms with van der Waals surface area (Å²) in [7, 11) is -1.82. The topological polar surface area (TPSA) is 88.5 Å². The lowest BCUT2D eigenvalue weighted by Gasteiger charge is -2.30. The van der Waals surface area contributed by atoms with Gasteiger partial charge >= 0.3 is 4.87 Å². The molecule has 1 amide bonds. The standard InChI is InChI=1S/C21H21Cl2N3O4S2/c1-25-18-5-3-15(11-19(18)31-21(25)28)24-20(27)14-6-8-26(9-7-14)32(29,30)12-13-2-4-16(22)17(23)10-13/h2-5,10-11,14H,6-9,12H2,1H3,(H,24,27). The van der Waals surface area contributed by atoms with Crippen molar-refractivity contribution < 1.29 is 13.2 Å². The van der Waals surface area contributed by atoms with Crippen LogP contribution in [0.15, 0.2) is 41.2 Å². The molecule has 2 heterocycles. The number of nitrogens with zero attached hydrogens (tertiary/aromatic N) is 2. The monoisotopic (exact) mass is 513 g/mol. The highest BCUT2D eigenvalue weighted by molar-refractivity contribution is 7.88. The first-order valence-electron chi connectivity index (χ1n) is 9.96. The van der Waals surface area contributed by atoms with Crippen LogP contribution in [0.1, 0.15) is 18.4 Å². The molecule has 0 spiro atoms. The Labute approximate surface area is 199 Å². The molecule has 0 bridgehead atoms. The summed E-state index contributed by atoms with van der Waals surface area (Å²) in [5.41, 5.74) is 2.01. The van der Waals surface area contributed by atoms with E-state index in [0.29, 0.717) is 34.1 Å². The first kappa shape index (κ1) is 23.3. The maximum Gasteiger partial charge on any atom is 0.307 e. The number of carbonyl (C=O) groups is 1. The lowest BCUT2D eigenvalue weighted by Crippen LogP contribution is -2.41. The fourth-order valence-electron chi connectivity index (χ4n) is 3.78. The number of piperidine rings is 1. The molecule has 1 fully saturated rings. The van der Waals surface area contributed by atoms with Crippen molar-refractivity contribution in [1.82, 2.24) is 8.87 Å². The van der Waals surface area contributed by atoms with Crippen LogP contribution in [0, 0.1) is 5.92 Å². The van der Waals surface area contributed by atoms with Gasteiger partial charge in [-0.1, -0.05) is 40.6 Å². The molecule has 0 saturated carbocycles. The van der Waals surface area contributed by atoms with Gasteiger partial charge in [0.05, 0.1) is 26.0 Å². The second kappa shape index (κ2) is 9.15. The lowest BCUT2D eigenvalue weighted by atomic mass is 9.97. The van der Waals surface area contributed by atoms with E-state index in [1.165, 1.54) is 4.31 Å². The van der Waals surface area contributed by atoms with E-state index in [1.54, 1.807) is 48.0 Å². The zero-order chi connectivity index (χ0) is 23.0. The van der Waals surface area contributed by atoms with Gasteiger partial charge in [-0.15, -0.1) is 0 Å². The summed E-state index contributed by atoms with van der Waals surface area (Å²) in [6, 6.07) is 10.1. The number of amides is 1. The van der Waals surface area contributed by atoms with Gasteiger partial charge in [0, 0.05) is 31.7 Å². The molecule has 2 aromatic carbocycles. The van der Waals surface area contributed by atoms with Crippen LogP contribution >= 0.6 is 34.5 Å². The highest BCUT2D eigenvalue weighted by atomic mass is 35.5. The third kappa shape index (κ3) is 4.87. The third-order valence-corrected chi connectivity index (χ3v) is 9.20. The number of halogens is 2. The molecule has 3 aromatic rings. The van der Waals surface area contributed by atoms with E-state index in [1.807, 2.05) is 0 Å². The molecule has 0 unspecified atom stereocenters. The van der Waals surface area contributed by atoms with Crippen molar-refractivity contribution in [2.75, 3.05) is 18.4 Å². The summed E-state index contributed by atoms with van der Waals surface area (Å²) in [4.78, 5) is 24.5. The first-order chi connectivity index (χ1) is 15.1. The number of fused-ring (bicyclic) bond motifs is 1. The highest BCUT2D eigenvalue weighted by Gasteiger charge is 2.31. The van der Waals surface area contributed by atoms with Gasteiger partial charge in [-0.05, 0) is 48.7 Å². The van der Waals surface area contributed by atoms with Crippen molar-refractivity contribution in [3.63, 3.8) is 0 Å². The Morgan fingerprint density at radius 2 is 1.84 bits per heavy atom. The number of hydrogen-bond donors (Lipinski definition) is 1. The summed E-state index contributed by atoms with van der Waals surface area (Å²) in [5.74, 6) is -0.591. The maximum absolute atomic E-state index is 12.8. The molecular formula is C21H21Cl2N3O4S2. The van der Waals surface area contributed by atoms with Gasteiger partial charge in [0.1, 0.15) is 0 Å². The highest BCUT2D eigenvalue weighted by Crippen LogP contribution is 2.27. The molecule has 0 aliphatic carbocycles. The molecule has 1 aromatic heterocycles. The molecule has 32 heavy (non-hydrogen) atoms. The number of carbonyl (C=O) groups excluding carboxylic acids is 1. The van der Waals surface area contributed by atoms with Crippen LogP contribution in [0.3, 0.4) is 0 Å². The Bertz CT molecular complexity index is 1340. The number of rotatable bonds is 5. The normalized spacial score (nSPS) is 15.8. The van der Waals surface area contributed by atoms with Crippen molar-refractivity contribution in [2.45, 2.75) is 18.6 Å². The van der Waals surface area contributed by atoms with Crippen molar-refractivity contribution in [2.24, 2.45) is 13.0 Å². The van der Waals surface area contributed by atoms with Crippen LogP contribution in [0.5, 0.6) is 0 Å². The first-order valence-corrected chi connectivity index (χ1v) is 13.1. The predicted molar refractivity (Wildman–Crippen MR) is 129 cm³/mol. The predicted octanol–water partition coefficient (Wildman–Crippen LogP) is 4.09. The van der Waals surface area contributed by atoms with E-state index < -0.39 is 10.0 Å². The van der Waals surface area contributed by atoms with E-state index in [9.17, 15) is 18.0 Å². The van der Waals surface area contributed by atoms with Crippen molar-refractivity contribution in [3.05, 3.63) is 61.7 Å². The van der Waals surface area contributed by atoms with Crippen molar-refractivity contribution >= 4 is 66.4 Å². The van der Waals surface area contributed by atoms with Crippen LogP contribution in [-0.2, 0) is 27.6 Å². The number of sulfonamides is 1. The summed E-state index contributed by atoms with van der Waals surface area (Å²) >= 11 is 13.0. The van der Waals surface area contributed by atoms with Crippen molar-refractivity contribution in [1.29, 1.82) is 0 Å². The van der Waals surface area contributed by atoms with E-state index >= 15 is 0 Å². The minimum Gasteiger partial charge on any atom is -0.326 e. The van der Waals surface area contributed by atoms with Crippen LogP contribution in [0.4, 0.5) is 5.69 Å². The van der Waals surface area contributed by atoms with E-state index in [4.69, 9.17) is 23.2 Å². The minimum atomic E-state index is -3.53. The molecule has 4 rings (SSSR count). The summed E-state index contributed by atoms with van der Waals surface area (Å²) in [6.07, 6.45) is 0.876. The number of nitrogens with one attached hydrogen (secondary N) is 1. The van der Waals surface area contributed by atoms with Gasteiger partial charge in [-0.25, -0.2) is 12.7 Å². The van der Waals surface area contributed by atoms with Gasteiger partial charge in [0.25, 0.3) is 0 Å². The van der Waals surface area contributed by atoms with Crippen LogP contribution in [0.25, 0.3) is 10.2 Å². The van der Waals surface area contributed by atoms with Crippen LogP contribution < -0.4 is 10.2 Å². The molecule has 1 saturated heterocycles. The van der Waals surface area contributed by atoms with E-state index in [2.05, 4.69) is 5.32 Å². The van der Waals surface area contributed by atoms with Gasteiger partial charge in [-0.3, -0.25) is 9.59 Å². The smallest absolute Gasteiger partial charge is 0.307 e. The molecule has 0 atom stereocenters. The maximum atomic E-state index is 12.8. The van der Waals surface area contributed by atoms with Crippen LogP contribution in [0.2, 0.25) is 10.0 Å². The fraction of sp³-hybridized carbons (Fsp3) is 0.333. The summed E-state index contributed by atoms with van der Waals surface area (Å²) in [6.45, 7) is 0.558. The Kier molecular flexibility index (Phi) is 6.65. The van der Waals surface area contributed by atoms with Gasteiger partial charge in [0.2, 0.25) is 15.9 Å². The lowest BCUT2D eigenvalue weighted by molar-refractivity contribution is -0.120. The Morgan fingerprint density at radius 3 is 2.53 bits per heavy atom. The average molecular weight is 514 g/mol. The number of hydrogen-bond acceptors (Lipinski definition) is 5. The second-order valence-electron chi connectivity index (χ2n) is 7.78. The molecule has 7 nitrogen and oxygen atoms in total. The quantitative estimate of drug-likeness (QED) is 0.556. The number of thiazole rings is 1. The molecule has 0 radical (unpaired) electrons. The van der Waals surface area contributed by atoms with E-state index in [-0.39, 0.29) is 35.5 Å². The Balaban J connectivity index is 1.36. The molecule has 11 heteroatoms. The number of aromatic nitrogens is 1. The zero-order valence-electron chi connectivity index (χ0n) is 17.2. The number of aryl methyl sites for hydroxylation is 1. The largest absolute Gasteiger partial charge is 0.326 e. The molecule has 1 N–H and O–H groups in total. The third-order valence-electron chi connectivity index (χ3n) is 5.61. The van der Waals surface area contributed by atoms with Gasteiger partial charge in [-0.2, -0.15) is 0 Å². The second-order valence-corrected chi connectivity index (χ2v) is 11.6. The SMILES string of the molecule is Cn1c(=O)sc2cc(NC(=O)C3CCN(S(=O)(=O)Cc4ccc(Cl)c(Cl)c4)CC3)ccc21. The van der Waals surface area contributed by atoms with E-state index in [0.717, 1.165) is 21.6 Å². The van der Waals surface area contributed by atoms with Gasteiger partial charge in [0.15, 0.2) is 0 Å². The molecule has 1 aliphatic heterocycles. The molecule has 1 aliphatic rings. The summed E-state index contributed by atoms with van der Waals surface area (Å²) in [5, 5.41) is 3.59. The minimum absolute atomic E-state index is 0.0575. The van der Waals surface area contributed by atoms with Crippen molar-refractivity contribution in [3.8, 4) is 0 Å². The van der Waals surface area contributed by atoms with Gasteiger partial charge < -0.3 is 9.88 Å².